The molecule has 1 aliphatic carbocycles. The van der Waals surface area contributed by atoms with Gasteiger partial charge in [-0.1, -0.05) is 194 Å². The molecule has 1 heteroatoms. The van der Waals surface area contributed by atoms with Crippen molar-refractivity contribution < 1.29 is 0 Å². The van der Waals surface area contributed by atoms with Crippen LogP contribution in [0, 0.1) is 0 Å². The van der Waals surface area contributed by atoms with Crippen molar-refractivity contribution in [3.8, 4) is 89.0 Å². The van der Waals surface area contributed by atoms with Crippen molar-refractivity contribution in [1.82, 2.24) is 4.98 Å². The van der Waals surface area contributed by atoms with Crippen molar-refractivity contribution in [3.05, 3.63) is 225 Å². The molecule has 12 rings (SSSR count). The van der Waals surface area contributed by atoms with Gasteiger partial charge in [0, 0.05) is 23.5 Å². The number of rotatable bonds is 4. The lowest BCUT2D eigenvalue weighted by Gasteiger charge is -2.23. The molecule has 1 nitrogen and oxygen atoms in total. The molecule has 0 N–H and O–H groups in total. The minimum atomic E-state index is 1.09. The molecule has 60 heavy (non-hydrogen) atoms. The van der Waals surface area contributed by atoms with Gasteiger partial charge in [-0.15, -0.1) is 0 Å². The van der Waals surface area contributed by atoms with Gasteiger partial charge >= 0.3 is 0 Å². The van der Waals surface area contributed by atoms with E-state index in [0.717, 1.165) is 16.7 Å². The Labute approximate surface area is 349 Å². The van der Waals surface area contributed by atoms with Gasteiger partial charge in [-0.2, -0.15) is 0 Å². The summed E-state index contributed by atoms with van der Waals surface area (Å²) in [4.78, 5) is 4.94. The number of hydrogen-bond donors (Lipinski definition) is 0. The molecule has 0 radical (unpaired) electrons. The van der Waals surface area contributed by atoms with Crippen LogP contribution in [0.2, 0.25) is 0 Å². The zero-order chi connectivity index (χ0) is 39.6. The summed E-state index contributed by atoms with van der Waals surface area (Å²) >= 11 is 0. The van der Waals surface area contributed by atoms with Crippen molar-refractivity contribution in [3.63, 3.8) is 0 Å². The third-order valence-electron chi connectivity index (χ3n) is 12.5. The maximum absolute atomic E-state index is 4.94. The van der Waals surface area contributed by atoms with Gasteiger partial charge < -0.3 is 0 Å². The molecule has 1 aliphatic rings. The van der Waals surface area contributed by atoms with Gasteiger partial charge in [0.1, 0.15) is 0 Å². The van der Waals surface area contributed by atoms with Crippen molar-refractivity contribution >= 4 is 32.3 Å². The van der Waals surface area contributed by atoms with Crippen LogP contribution in [0.25, 0.3) is 121 Å². The SMILES string of the molecule is c1ccc2c(c1)-c1ccccc1-c1ccc(-c3cncc(-c4c5ccccc5c(-c5ccc(-c6ccc7ccccc7c6)cc5)c5ccccc45)c3)cc1-c1ccccc1-2. The number of fused-ring (bicyclic) bond motifs is 11. The van der Waals surface area contributed by atoms with Crippen LogP contribution in [0.15, 0.2) is 225 Å². The summed E-state index contributed by atoms with van der Waals surface area (Å²) in [5.74, 6) is 0. The van der Waals surface area contributed by atoms with Gasteiger partial charge in [-0.05, 0) is 128 Å². The third kappa shape index (κ3) is 5.51. The van der Waals surface area contributed by atoms with E-state index >= 15 is 0 Å². The molecule has 0 unspecified atom stereocenters. The molecule has 0 amide bonds. The lowest BCUT2D eigenvalue weighted by molar-refractivity contribution is 1.33. The Balaban J connectivity index is 1.00. The van der Waals surface area contributed by atoms with E-state index in [0.29, 0.717) is 0 Å². The van der Waals surface area contributed by atoms with Gasteiger partial charge in [0.25, 0.3) is 0 Å². The smallest absolute Gasteiger partial charge is 0.0347 e. The van der Waals surface area contributed by atoms with E-state index in [1.807, 2.05) is 12.4 Å². The molecule has 1 heterocycles. The van der Waals surface area contributed by atoms with E-state index in [9.17, 15) is 0 Å². The average molecular weight is 760 g/mol. The van der Waals surface area contributed by atoms with Crippen LogP contribution in [-0.2, 0) is 0 Å². The number of benzene rings is 10. The molecule has 0 aliphatic heterocycles. The summed E-state index contributed by atoms with van der Waals surface area (Å²) in [5.41, 5.74) is 19.4. The first kappa shape index (κ1) is 34.2. The monoisotopic (exact) mass is 759 g/mol. The van der Waals surface area contributed by atoms with E-state index in [1.54, 1.807) is 0 Å². The fourth-order valence-electron chi connectivity index (χ4n) is 9.72. The van der Waals surface area contributed by atoms with Crippen molar-refractivity contribution in [2.24, 2.45) is 0 Å². The summed E-state index contributed by atoms with van der Waals surface area (Å²) in [6, 6.07) is 77.9. The van der Waals surface area contributed by atoms with Gasteiger partial charge in [0.15, 0.2) is 0 Å². The quantitative estimate of drug-likeness (QED) is 0.163. The number of pyridine rings is 1. The first-order valence-electron chi connectivity index (χ1n) is 20.7. The second-order valence-electron chi connectivity index (χ2n) is 15.8. The number of nitrogens with zero attached hydrogens (tertiary/aromatic N) is 1. The molecule has 11 aromatic rings. The molecule has 0 saturated carbocycles. The molecule has 0 atom stereocenters. The van der Waals surface area contributed by atoms with Gasteiger partial charge in [0.05, 0.1) is 0 Å². The van der Waals surface area contributed by atoms with Crippen molar-refractivity contribution in [2.45, 2.75) is 0 Å². The van der Waals surface area contributed by atoms with E-state index in [2.05, 4.69) is 212 Å². The Morgan fingerprint density at radius 1 is 0.217 bits per heavy atom. The van der Waals surface area contributed by atoms with Crippen LogP contribution in [-0.4, -0.2) is 4.98 Å². The highest BCUT2D eigenvalue weighted by Gasteiger charge is 2.23. The molecular formula is C59H37N. The predicted molar refractivity (Wildman–Crippen MR) is 254 cm³/mol. The Bertz CT molecular complexity index is 3420. The first-order chi connectivity index (χ1) is 29.8. The van der Waals surface area contributed by atoms with Crippen LogP contribution in [0.5, 0.6) is 0 Å². The molecule has 0 fully saturated rings. The summed E-state index contributed by atoms with van der Waals surface area (Å²) in [5, 5.41) is 7.40. The Morgan fingerprint density at radius 3 is 1.17 bits per heavy atom. The van der Waals surface area contributed by atoms with Crippen LogP contribution in [0.4, 0.5) is 0 Å². The predicted octanol–water partition coefficient (Wildman–Crippen LogP) is 16.2. The lowest BCUT2D eigenvalue weighted by atomic mass is 9.80. The standard InChI is InChI=1S/C59H37N/c1-2-14-41-33-42(30-27-38(41)13-1)39-25-28-40(29-26-39)58-53-21-9-11-23-55(53)59(56-24-12-10-22-54(56)58)45-34-44(36-60-37-45)43-31-32-52-50-19-6-5-17-48(50)46-15-3-4-16-47(46)49-18-7-8-20-51(49)57(52)35-43/h1-37H. The second-order valence-corrected chi connectivity index (χ2v) is 15.8. The molecule has 0 spiro atoms. The van der Waals surface area contributed by atoms with Gasteiger partial charge in [-0.25, -0.2) is 0 Å². The zero-order valence-corrected chi connectivity index (χ0v) is 32.8. The summed E-state index contributed by atoms with van der Waals surface area (Å²) in [7, 11) is 0. The topological polar surface area (TPSA) is 12.9 Å². The summed E-state index contributed by atoms with van der Waals surface area (Å²) in [6.45, 7) is 0. The van der Waals surface area contributed by atoms with Crippen LogP contribution >= 0.6 is 0 Å². The third-order valence-corrected chi connectivity index (χ3v) is 12.5. The molecule has 0 bridgehead atoms. The van der Waals surface area contributed by atoms with E-state index in [1.165, 1.54) is 105 Å². The minimum absolute atomic E-state index is 1.09. The highest BCUT2D eigenvalue weighted by molar-refractivity contribution is 6.21. The zero-order valence-electron chi connectivity index (χ0n) is 32.8. The fourth-order valence-corrected chi connectivity index (χ4v) is 9.72. The number of aromatic nitrogens is 1. The minimum Gasteiger partial charge on any atom is -0.263 e. The molecule has 1 aromatic heterocycles. The highest BCUT2D eigenvalue weighted by atomic mass is 14.6. The molecule has 10 aromatic carbocycles. The van der Waals surface area contributed by atoms with Gasteiger partial charge in [-0.3, -0.25) is 4.98 Å². The maximum atomic E-state index is 4.94. The number of hydrogen-bond acceptors (Lipinski definition) is 1. The fraction of sp³-hybridized carbons (Fsp3) is 0. The first-order valence-corrected chi connectivity index (χ1v) is 20.7. The largest absolute Gasteiger partial charge is 0.263 e. The summed E-state index contributed by atoms with van der Waals surface area (Å²) in [6.07, 6.45) is 4.05. The lowest BCUT2D eigenvalue weighted by Crippen LogP contribution is -1.97. The normalized spacial score (nSPS) is 11.7. The van der Waals surface area contributed by atoms with Crippen LogP contribution < -0.4 is 0 Å². The highest BCUT2D eigenvalue weighted by Crippen LogP contribution is 2.49. The van der Waals surface area contributed by atoms with Crippen LogP contribution in [0.3, 0.4) is 0 Å². The molecular weight excluding hydrogens is 723 g/mol. The molecule has 0 saturated heterocycles. The second kappa shape index (κ2) is 13.9. The summed E-state index contributed by atoms with van der Waals surface area (Å²) < 4.78 is 0. The van der Waals surface area contributed by atoms with E-state index in [-0.39, 0.29) is 0 Å². The van der Waals surface area contributed by atoms with Crippen molar-refractivity contribution in [1.29, 1.82) is 0 Å². The van der Waals surface area contributed by atoms with Crippen molar-refractivity contribution in [2.75, 3.05) is 0 Å². The maximum Gasteiger partial charge on any atom is 0.0347 e. The molecule has 278 valence electrons. The van der Waals surface area contributed by atoms with Crippen LogP contribution in [0.1, 0.15) is 0 Å². The van der Waals surface area contributed by atoms with E-state index < -0.39 is 0 Å². The van der Waals surface area contributed by atoms with Gasteiger partial charge in [0.2, 0.25) is 0 Å². The Kier molecular flexibility index (Phi) is 7.92. The Hall–Kier alpha value is -7.87. The average Bonchev–Trinajstić information content (AvgIpc) is 3.32. The Morgan fingerprint density at radius 2 is 0.600 bits per heavy atom. The van der Waals surface area contributed by atoms with E-state index in [4.69, 9.17) is 4.98 Å².